The molecule has 144 valence electrons. The number of hydrogen-bond donors (Lipinski definition) is 1. The van der Waals surface area contributed by atoms with Gasteiger partial charge in [0.1, 0.15) is 22.8 Å². The molecule has 3 rings (SSSR count). The lowest BCUT2D eigenvalue weighted by atomic mass is 9.89. The van der Waals surface area contributed by atoms with Crippen molar-refractivity contribution >= 4 is 5.91 Å². The average Bonchev–Trinajstić information content (AvgIpc) is 2.62. The van der Waals surface area contributed by atoms with Gasteiger partial charge in [-0.25, -0.2) is 0 Å². The van der Waals surface area contributed by atoms with Crippen LogP contribution in [0.5, 0.6) is 17.2 Å². The number of fused-ring (bicyclic) bond motifs is 1. The molecular formula is C22H27NO4. The molecule has 0 aromatic heterocycles. The lowest BCUT2D eigenvalue weighted by molar-refractivity contribution is 0.0617. The van der Waals surface area contributed by atoms with Gasteiger partial charge in [0.15, 0.2) is 0 Å². The molecule has 5 nitrogen and oxygen atoms in total. The molecule has 1 atom stereocenters. The van der Waals surface area contributed by atoms with E-state index in [0.717, 1.165) is 28.4 Å². The van der Waals surface area contributed by atoms with Gasteiger partial charge in [-0.3, -0.25) is 4.79 Å². The Bertz CT molecular complexity index is 844. The summed E-state index contributed by atoms with van der Waals surface area (Å²) < 4.78 is 16.9. The van der Waals surface area contributed by atoms with Gasteiger partial charge < -0.3 is 19.5 Å². The third-order valence-corrected chi connectivity index (χ3v) is 4.72. The zero-order chi connectivity index (χ0) is 19.6. The highest BCUT2D eigenvalue weighted by Crippen LogP contribution is 2.41. The fourth-order valence-corrected chi connectivity index (χ4v) is 3.44. The Morgan fingerprint density at radius 2 is 2.04 bits per heavy atom. The van der Waals surface area contributed by atoms with Crippen molar-refractivity contribution in [3.05, 3.63) is 53.1 Å². The lowest BCUT2D eigenvalue weighted by Crippen LogP contribution is -2.41. The minimum absolute atomic E-state index is 0.106. The largest absolute Gasteiger partial charge is 0.497 e. The van der Waals surface area contributed by atoms with E-state index in [-0.39, 0.29) is 17.6 Å². The van der Waals surface area contributed by atoms with Gasteiger partial charge in [0.25, 0.3) is 5.91 Å². The SMILES string of the molecule is CCOc1ccc(C(=O)N[C@@H]2CC(C)(C)Oc3cc(OC)ccc32)cc1C. The highest BCUT2D eigenvalue weighted by Gasteiger charge is 2.35. The van der Waals surface area contributed by atoms with Crippen LogP contribution < -0.4 is 19.5 Å². The summed E-state index contributed by atoms with van der Waals surface area (Å²) in [5, 5.41) is 3.16. The number of nitrogens with one attached hydrogen (secondary N) is 1. The van der Waals surface area contributed by atoms with Gasteiger partial charge in [0.2, 0.25) is 0 Å². The summed E-state index contributed by atoms with van der Waals surface area (Å²) in [4.78, 5) is 12.9. The summed E-state index contributed by atoms with van der Waals surface area (Å²) in [6.07, 6.45) is 0.689. The molecule has 0 unspecified atom stereocenters. The highest BCUT2D eigenvalue weighted by molar-refractivity contribution is 5.95. The minimum atomic E-state index is -0.383. The fraction of sp³-hybridized carbons (Fsp3) is 0.409. The van der Waals surface area contributed by atoms with Crippen LogP contribution in [0, 0.1) is 6.92 Å². The van der Waals surface area contributed by atoms with E-state index >= 15 is 0 Å². The molecule has 5 heteroatoms. The molecule has 1 aliphatic rings. The smallest absolute Gasteiger partial charge is 0.251 e. The summed E-state index contributed by atoms with van der Waals surface area (Å²) in [6.45, 7) is 8.54. The van der Waals surface area contributed by atoms with Crippen molar-refractivity contribution < 1.29 is 19.0 Å². The van der Waals surface area contributed by atoms with Crippen LogP contribution in [0.25, 0.3) is 0 Å². The molecular weight excluding hydrogens is 342 g/mol. The van der Waals surface area contributed by atoms with Crippen LogP contribution in [0.4, 0.5) is 0 Å². The third kappa shape index (κ3) is 4.18. The van der Waals surface area contributed by atoms with Gasteiger partial charge >= 0.3 is 0 Å². The Morgan fingerprint density at radius 1 is 1.26 bits per heavy atom. The number of amides is 1. The fourth-order valence-electron chi connectivity index (χ4n) is 3.44. The molecule has 0 spiro atoms. The maximum absolute atomic E-state index is 12.9. The normalized spacial score (nSPS) is 17.4. The average molecular weight is 369 g/mol. The van der Waals surface area contributed by atoms with Crippen LogP contribution in [-0.2, 0) is 0 Å². The molecule has 2 aromatic carbocycles. The molecule has 1 amide bonds. The Morgan fingerprint density at radius 3 is 2.70 bits per heavy atom. The molecule has 1 aliphatic heterocycles. The van der Waals surface area contributed by atoms with Gasteiger partial charge in [-0.15, -0.1) is 0 Å². The zero-order valence-electron chi connectivity index (χ0n) is 16.6. The number of hydrogen-bond acceptors (Lipinski definition) is 4. The van der Waals surface area contributed by atoms with E-state index in [9.17, 15) is 4.79 Å². The van der Waals surface area contributed by atoms with E-state index in [0.29, 0.717) is 18.6 Å². The Balaban J connectivity index is 1.84. The number of methoxy groups -OCH3 is 1. The van der Waals surface area contributed by atoms with Crippen LogP contribution in [0.2, 0.25) is 0 Å². The quantitative estimate of drug-likeness (QED) is 0.847. The van der Waals surface area contributed by atoms with Crippen LogP contribution in [0.1, 0.15) is 54.7 Å². The van der Waals surface area contributed by atoms with E-state index in [1.807, 2.05) is 58.0 Å². The summed E-state index contributed by atoms with van der Waals surface area (Å²) in [5.74, 6) is 2.18. The second-order valence-electron chi connectivity index (χ2n) is 7.41. The van der Waals surface area contributed by atoms with Crippen molar-refractivity contribution in [1.29, 1.82) is 0 Å². The molecule has 1 N–H and O–H groups in total. The molecule has 0 saturated heterocycles. The maximum Gasteiger partial charge on any atom is 0.251 e. The molecule has 0 bridgehead atoms. The van der Waals surface area contributed by atoms with E-state index in [1.54, 1.807) is 13.2 Å². The Labute approximate surface area is 160 Å². The van der Waals surface area contributed by atoms with E-state index in [1.165, 1.54) is 0 Å². The first kappa shape index (κ1) is 19.1. The first-order valence-corrected chi connectivity index (χ1v) is 9.24. The highest BCUT2D eigenvalue weighted by atomic mass is 16.5. The van der Waals surface area contributed by atoms with Crippen LogP contribution >= 0.6 is 0 Å². The van der Waals surface area contributed by atoms with E-state index in [4.69, 9.17) is 14.2 Å². The van der Waals surface area contributed by atoms with Crippen molar-refractivity contribution in [3.63, 3.8) is 0 Å². The second kappa shape index (κ2) is 7.51. The second-order valence-corrected chi connectivity index (χ2v) is 7.41. The molecule has 0 aliphatic carbocycles. The van der Waals surface area contributed by atoms with Crippen LogP contribution in [-0.4, -0.2) is 25.2 Å². The number of carbonyl (C=O) groups excluding carboxylic acids is 1. The number of benzene rings is 2. The number of ether oxygens (including phenoxy) is 3. The number of aryl methyl sites for hydroxylation is 1. The van der Waals surface area contributed by atoms with Crippen LogP contribution in [0.3, 0.4) is 0 Å². The summed E-state index contributed by atoms with van der Waals surface area (Å²) in [5.41, 5.74) is 2.15. The van der Waals surface area contributed by atoms with Gasteiger partial charge in [0.05, 0.1) is 19.8 Å². The molecule has 1 heterocycles. The zero-order valence-corrected chi connectivity index (χ0v) is 16.6. The summed E-state index contributed by atoms with van der Waals surface area (Å²) in [6, 6.07) is 11.1. The Kier molecular flexibility index (Phi) is 5.31. The molecule has 2 aromatic rings. The monoisotopic (exact) mass is 369 g/mol. The first-order chi connectivity index (χ1) is 12.8. The third-order valence-electron chi connectivity index (χ3n) is 4.72. The van der Waals surface area contributed by atoms with Crippen molar-refractivity contribution in [2.24, 2.45) is 0 Å². The van der Waals surface area contributed by atoms with Gasteiger partial charge in [0, 0.05) is 23.6 Å². The van der Waals surface area contributed by atoms with Crippen molar-refractivity contribution in [1.82, 2.24) is 5.32 Å². The standard InChI is InChI=1S/C22H27NO4/c1-6-26-19-10-7-15(11-14(19)2)21(24)23-18-13-22(3,4)27-20-12-16(25-5)8-9-17(18)20/h7-12,18H,6,13H2,1-5H3,(H,23,24)/t18-/m1/s1. The van der Waals surface area contributed by atoms with Crippen molar-refractivity contribution in [2.75, 3.05) is 13.7 Å². The molecule has 0 radical (unpaired) electrons. The van der Waals surface area contributed by atoms with E-state index < -0.39 is 0 Å². The predicted molar refractivity (Wildman–Crippen MR) is 105 cm³/mol. The molecule has 0 saturated carbocycles. The van der Waals surface area contributed by atoms with Crippen molar-refractivity contribution in [2.45, 2.75) is 45.8 Å². The summed E-state index contributed by atoms with van der Waals surface area (Å²) in [7, 11) is 1.63. The minimum Gasteiger partial charge on any atom is -0.497 e. The van der Waals surface area contributed by atoms with Crippen molar-refractivity contribution in [3.8, 4) is 17.2 Å². The van der Waals surface area contributed by atoms with Crippen LogP contribution in [0.15, 0.2) is 36.4 Å². The predicted octanol–water partition coefficient (Wildman–Crippen LogP) is 4.43. The van der Waals surface area contributed by atoms with Gasteiger partial charge in [-0.2, -0.15) is 0 Å². The summed E-state index contributed by atoms with van der Waals surface area (Å²) >= 11 is 0. The Hall–Kier alpha value is -2.69. The maximum atomic E-state index is 12.9. The molecule has 27 heavy (non-hydrogen) atoms. The number of carbonyl (C=O) groups is 1. The molecule has 0 fully saturated rings. The van der Waals surface area contributed by atoms with E-state index in [2.05, 4.69) is 5.32 Å². The lowest BCUT2D eigenvalue weighted by Gasteiger charge is -2.38. The number of rotatable bonds is 5. The van der Waals surface area contributed by atoms with Gasteiger partial charge in [-0.1, -0.05) is 0 Å². The van der Waals surface area contributed by atoms with Gasteiger partial charge in [-0.05, 0) is 63.6 Å². The topological polar surface area (TPSA) is 56.8 Å². The first-order valence-electron chi connectivity index (χ1n) is 9.24.